The molecule has 1 aliphatic heterocycles. The lowest BCUT2D eigenvalue weighted by Gasteiger charge is -2.27. The van der Waals surface area contributed by atoms with Crippen molar-refractivity contribution in [1.82, 2.24) is 4.90 Å². The largest absolute Gasteiger partial charge is 0.493 e. The van der Waals surface area contributed by atoms with Crippen LogP contribution in [0.2, 0.25) is 0 Å². The molecule has 0 aliphatic carbocycles. The number of amides is 1. The van der Waals surface area contributed by atoms with Gasteiger partial charge in [-0.3, -0.25) is 4.79 Å². The molecule has 0 bridgehead atoms. The lowest BCUT2D eigenvalue weighted by Crippen LogP contribution is -2.37. The summed E-state index contributed by atoms with van der Waals surface area (Å²) in [6.45, 7) is 4.68. The predicted molar refractivity (Wildman–Crippen MR) is 121 cm³/mol. The van der Waals surface area contributed by atoms with Crippen LogP contribution in [0.5, 0.6) is 5.75 Å². The van der Waals surface area contributed by atoms with E-state index in [1.807, 2.05) is 43.3 Å². The van der Waals surface area contributed by atoms with Crippen molar-refractivity contribution in [1.29, 1.82) is 0 Å². The van der Waals surface area contributed by atoms with Crippen LogP contribution in [-0.2, 0) is 11.3 Å². The van der Waals surface area contributed by atoms with Gasteiger partial charge in [0.15, 0.2) is 0 Å². The molecule has 3 rings (SSSR count). The lowest BCUT2D eigenvalue weighted by molar-refractivity contribution is 0.0504. The van der Waals surface area contributed by atoms with Crippen LogP contribution >= 0.6 is 0 Å². The summed E-state index contributed by atoms with van der Waals surface area (Å²) < 4.78 is 11.8. The Morgan fingerprint density at radius 3 is 2.57 bits per heavy atom. The van der Waals surface area contributed by atoms with Crippen LogP contribution < -0.4 is 9.64 Å². The maximum absolute atomic E-state index is 13.5. The second-order valence-electron chi connectivity index (χ2n) is 8.08. The number of ether oxygens (including phenoxy) is 2. The molecule has 1 aliphatic rings. The second-order valence-corrected chi connectivity index (χ2v) is 8.08. The molecular weight excluding hydrogens is 376 g/mol. The van der Waals surface area contributed by atoms with Gasteiger partial charge in [0.25, 0.3) is 5.91 Å². The van der Waals surface area contributed by atoms with Crippen LogP contribution in [0.3, 0.4) is 0 Å². The third-order valence-corrected chi connectivity index (χ3v) is 5.43. The third-order valence-electron chi connectivity index (χ3n) is 5.43. The Hall–Kier alpha value is -2.53. The number of hydrogen-bond acceptors (Lipinski definition) is 4. The summed E-state index contributed by atoms with van der Waals surface area (Å²) in [5.41, 5.74) is 2.87. The summed E-state index contributed by atoms with van der Waals surface area (Å²) in [5.74, 6) is 0.658. The predicted octanol–water partition coefficient (Wildman–Crippen LogP) is 4.75. The Labute approximate surface area is 180 Å². The Morgan fingerprint density at radius 1 is 1.13 bits per heavy atom. The summed E-state index contributed by atoms with van der Waals surface area (Å²) in [6, 6.07) is 15.9. The van der Waals surface area contributed by atoms with E-state index < -0.39 is 0 Å². The van der Waals surface area contributed by atoms with Gasteiger partial charge in [-0.1, -0.05) is 37.6 Å². The number of benzene rings is 2. The van der Waals surface area contributed by atoms with Crippen molar-refractivity contribution in [3.63, 3.8) is 0 Å². The first kappa shape index (κ1) is 22.2. The van der Waals surface area contributed by atoms with Crippen LogP contribution in [0.1, 0.15) is 48.5 Å². The fraction of sp³-hybridized carbons (Fsp3) is 0.480. The van der Waals surface area contributed by atoms with E-state index in [4.69, 9.17) is 9.47 Å². The zero-order valence-corrected chi connectivity index (χ0v) is 18.5. The van der Waals surface area contributed by atoms with E-state index in [0.29, 0.717) is 31.0 Å². The minimum atomic E-state index is -0.00529. The van der Waals surface area contributed by atoms with E-state index in [9.17, 15) is 4.79 Å². The van der Waals surface area contributed by atoms with E-state index in [2.05, 4.69) is 36.1 Å². The fourth-order valence-electron chi connectivity index (χ4n) is 3.64. The molecule has 0 unspecified atom stereocenters. The maximum Gasteiger partial charge on any atom is 0.258 e. The first-order valence-corrected chi connectivity index (χ1v) is 11.0. The molecule has 162 valence electrons. The van der Waals surface area contributed by atoms with Gasteiger partial charge in [0, 0.05) is 39.5 Å². The highest BCUT2D eigenvalue weighted by molar-refractivity contribution is 5.97. The maximum atomic E-state index is 13.5. The van der Waals surface area contributed by atoms with E-state index in [1.165, 1.54) is 0 Å². The number of para-hydroxylation sites is 1. The zero-order chi connectivity index (χ0) is 21.3. The van der Waals surface area contributed by atoms with E-state index >= 15 is 0 Å². The lowest BCUT2D eigenvalue weighted by atomic mass is 10.1. The van der Waals surface area contributed by atoms with Crippen LogP contribution in [-0.4, -0.2) is 50.8 Å². The molecule has 0 saturated carbocycles. The number of rotatable bonds is 10. The summed E-state index contributed by atoms with van der Waals surface area (Å²) in [5, 5.41) is 0. The van der Waals surface area contributed by atoms with Crippen molar-refractivity contribution in [2.24, 2.45) is 0 Å². The molecule has 2 aromatic carbocycles. The van der Waals surface area contributed by atoms with Crippen molar-refractivity contribution in [2.45, 2.75) is 45.3 Å². The van der Waals surface area contributed by atoms with Crippen molar-refractivity contribution >= 4 is 11.6 Å². The van der Waals surface area contributed by atoms with Crippen LogP contribution in [0, 0.1) is 0 Å². The van der Waals surface area contributed by atoms with Crippen molar-refractivity contribution < 1.29 is 14.3 Å². The SMILES string of the molecule is CCCCOc1ccccc1C(=O)N(Cc1ccc(N(C)C)cc1)C[C@H]1CCCO1. The first-order valence-electron chi connectivity index (χ1n) is 11.0. The fourth-order valence-corrected chi connectivity index (χ4v) is 3.64. The number of unbranched alkanes of at least 4 members (excludes halogenated alkanes) is 1. The number of nitrogens with zero attached hydrogens (tertiary/aromatic N) is 2. The van der Waals surface area contributed by atoms with Gasteiger partial charge < -0.3 is 19.3 Å². The van der Waals surface area contributed by atoms with Crippen molar-refractivity contribution in [3.05, 3.63) is 59.7 Å². The molecule has 1 heterocycles. The standard InChI is InChI=1S/C25H34N2O3/c1-4-5-16-30-24-11-7-6-10-23(24)25(28)27(19-22-9-8-17-29-22)18-20-12-14-21(15-13-20)26(2)3/h6-7,10-15,22H,4-5,8-9,16-19H2,1-3H3/t22-/m1/s1. The molecule has 2 aromatic rings. The molecule has 0 N–H and O–H groups in total. The van der Waals surface area contributed by atoms with E-state index in [1.54, 1.807) is 0 Å². The highest BCUT2D eigenvalue weighted by Gasteiger charge is 2.25. The van der Waals surface area contributed by atoms with Crippen LogP contribution in [0.25, 0.3) is 0 Å². The van der Waals surface area contributed by atoms with Gasteiger partial charge in [-0.05, 0) is 49.1 Å². The van der Waals surface area contributed by atoms with Crippen LogP contribution in [0.4, 0.5) is 5.69 Å². The molecule has 1 saturated heterocycles. The van der Waals surface area contributed by atoms with Gasteiger partial charge in [-0.15, -0.1) is 0 Å². The zero-order valence-electron chi connectivity index (χ0n) is 18.5. The van der Waals surface area contributed by atoms with Gasteiger partial charge in [0.2, 0.25) is 0 Å². The normalized spacial score (nSPS) is 15.8. The van der Waals surface area contributed by atoms with Gasteiger partial charge in [0.1, 0.15) is 5.75 Å². The average Bonchev–Trinajstić information content (AvgIpc) is 3.27. The van der Waals surface area contributed by atoms with Crippen molar-refractivity contribution in [3.8, 4) is 5.75 Å². The van der Waals surface area contributed by atoms with E-state index in [-0.39, 0.29) is 12.0 Å². The molecular formula is C25H34N2O3. The smallest absolute Gasteiger partial charge is 0.258 e. The van der Waals surface area contributed by atoms with Gasteiger partial charge in [0.05, 0.1) is 18.3 Å². The molecule has 1 fully saturated rings. The summed E-state index contributed by atoms with van der Waals surface area (Å²) in [7, 11) is 4.05. The quantitative estimate of drug-likeness (QED) is 0.530. The van der Waals surface area contributed by atoms with Crippen LogP contribution in [0.15, 0.2) is 48.5 Å². The monoisotopic (exact) mass is 410 g/mol. The number of anilines is 1. The Morgan fingerprint density at radius 2 is 1.90 bits per heavy atom. The summed E-state index contributed by atoms with van der Waals surface area (Å²) in [4.78, 5) is 17.5. The Bertz CT molecular complexity index is 798. The first-order chi connectivity index (χ1) is 14.6. The third kappa shape index (κ3) is 5.99. The topological polar surface area (TPSA) is 42.0 Å². The van der Waals surface area contributed by atoms with Gasteiger partial charge in [-0.2, -0.15) is 0 Å². The highest BCUT2D eigenvalue weighted by atomic mass is 16.5. The second kappa shape index (κ2) is 11.0. The number of hydrogen-bond donors (Lipinski definition) is 0. The summed E-state index contributed by atoms with van der Waals surface area (Å²) >= 11 is 0. The number of carbonyl (C=O) groups excluding carboxylic acids is 1. The highest BCUT2D eigenvalue weighted by Crippen LogP contribution is 2.24. The molecule has 5 heteroatoms. The van der Waals surface area contributed by atoms with E-state index in [0.717, 1.165) is 43.5 Å². The average molecular weight is 411 g/mol. The van der Waals surface area contributed by atoms with Gasteiger partial charge >= 0.3 is 0 Å². The minimum absolute atomic E-state index is 0.00529. The molecule has 1 amide bonds. The molecule has 0 spiro atoms. The molecule has 1 atom stereocenters. The van der Waals surface area contributed by atoms with Gasteiger partial charge in [-0.25, -0.2) is 0 Å². The number of carbonyl (C=O) groups is 1. The van der Waals surface area contributed by atoms with Crippen molar-refractivity contribution in [2.75, 3.05) is 38.8 Å². The molecule has 0 aromatic heterocycles. The molecule has 5 nitrogen and oxygen atoms in total. The Kier molecular flexibility index (Phi) is 8.14. The molecule has 30 heavy (non-hydrogen) atoms. The Balaban J connectivity index is 1.80. The molecule has 0 radical (unpaired) electrons. The minimum Gasteiger partial charge on any atom is -0.493 e. The summed E-state index contributed by atoms with van der Waals surface area (Å²) in [6.07, 6.45) is 4.19.